The van der Waals surface area contributed by atoms with Gasteiger partial charge in [-0.15, -0.1) is 0 Å². The van der Waals surface area contributed by atoms with Crippen molar-refractivity contribution in [3.63, 3.8) is 0 Å². The summed E-state index contributed by atoms with van der Waals surface area (Å²) in [4.78, 5) is 31.1. The van der Waals surface area contributed by atoms with Crippen molar-refractivity contribution < 1.29 is 0 Å². The van der Waals surface area contributed by atoms with Crippen LogP contribution in [0.2, 0.25) is 0 Å². The van der Waals surface area contributed by atoms with Crippen LogP contribution in [0, 0.1) is 0 Å². The molecule has 2 aromatic heterocycles. The number of rotatable bonds is 1. The highest BCUT2D eigenvalue weighted by molar-refractivity contribution is 7.98. The van der Waals surface area contributed by atoms with Gasteiger partial charge >= 0.3 is 5.69 Å². The maximum Gasteiger partial charge on any atom is 0.327 e. The number of fused-ring (bicyclic) bond motifs is 1. The second kappa shape index (κ2) is 3.02. The zero-order valence-electron chi connectivity index (χ0n) is 7.62. The van der Waals surface area contributed by atoms with Gasteiger partial charge < -0.3 is 4.57 Å². The normalized spacial score (nSPS) is 11.0. The van der Waals surface area contributed by atoms with Crippen molar-refractivity contribution in [2.45, 2.75) is 5.16 Å². The highest BCUT2D eigenvalue weighted by Gasteiger charge is 2.10. The minimum atomic E-state index is -0.534. The van der Waals surface area contributed by atoms with E-state index in [0.717, 1.165) is 0 Å². The third-order valence-corrected chi connectivity index (χ3v) is 2.64. The van der Waals surface area contributed by atoms with Crippen LogP contribution in [0.25, 0.3) is 11.2 Å². The Labute approximate surface area is 82.4 Å². The number of H-pyrrole nitrogens is 2. The van der Waals surface area contributed by atoms with E-state index in [2.05, 4.69) is 15.0 Å². The van der Waals surface area contributed by atoms with Crippen LogP contribution in [-0.2, 0) is 7.05 Å². The predicted molar refractivity (Wildman–Crippen MR) is 53.7 cm³/mol. The van der Waals surface area contributed by atoms with Crippen LogP contribution in [0.3, 0.4) is 0 Å². The summed E-state index contributed by atoms with van der Waals surface area (Å²) >= 11 is 1.41. The molecule has 0 atom stereocenters. The lowest BCUT2D eigenvalue weighted by molar-refractivity contribution is 0.812. The molecule has 2 aromatic rings. The molecular formula is C7H8N4O2S. The fourth-order valence-electron chi connectivity index (χ4n) is 1.31. The van der Waals surface area contributed by atoms with Crippen molar-refractivity contribution in [1.82, 2.24) is 19.5 Å². The topological polar surface area (TPSA) is 83.5 Å². The highest BCUT2D eigenvalue weighted by Crippen LogP contribution is 2.15. The second-order valence-electron chi connectivity index (χ2n) is 2.76. The van der Waals surface area contributed by atoms with Gasteiger partial charge in [0.1, 0.15) is 0 Å². The number of nitrogens with zero attached hydrogens (tertiary/aromatic N) is 2. The van der Waals surface area contributed by atoms with E-state index in [0.29, 0.717) is 16.3 Å². The van der Waals surface area contributed by atoms with Gasteiger partial charge in [0.25, 0.3) is 5.56 Å². The number of hydrogen-bond donors (Lipinski definition) is 2. The lowest BCUT2D eigenvalue weighted by atomic mass is 10.5. The van der Waals surface area contributed by atoms with Gasteiger partial charge in [-0.25, -0.2) is 9.78 Å². The molecule has 0 aromatic carbocycles. The van der Waals surface area contributed by atoms with Gasteiger partial charge in [-0.05, 0) is 6.26 Å². The summed E-state index contributed by atoms with van der Waals surface area (Å²) in [5.74, 6) is 0. The van der Waals surface area contributed by atoms with Gasteiger partial charge in [-0.3, -0.25) is 14.8 Å². The zero-order chi connectivity index (χ0) is 10.3. The zero-order valence-corrected chi connectivity index (χ0v) is 8.44. The van der Waals surface area contributed by atoms with E-state index in [1.807, 2.05) is 6.26 Å². The van der Waals surface area contributed by atoms with Crippen molar-refractivity contribution >= 4 is 22.9 Å². The van der Waals surface area contributed by atoms with E-state index in [-0.39, 0.29) is 0 Å². The molecule has 6 nitrogen and oxygen atoms in total. The van der Waals surface area contributed by atoms with E-state index in [4.69, 9.17) is 0 Å². The van der Waals surface area contributed by atoms with Gasteiger partial charge in [-0.1, -0.05) is 11.8 Å². The van der Waals surface area contributed by atoms with Crippen molar-refractivity contribution in [3.8, 4) is 0 Å². The number of thioether (sulfide) groups is 1. The Hall–Kier alpha value is -1.50. The standard InChI is InChI=1S/C7H8N4O2S/c1-11-3-4(9-7(11)14-2)8-6(13)10-5(3)12/h1-2H3,(H2,8,10,12,13). The Balaban J connectivity index is 3.00. The van der Waals surface area contributed by atoms with Crippen LogP contribution in [0.1, 0.15) is 0 Å². The Kier molecular flexibility index (Phi) is 1.95. The number of aromatic amines is 2. The molecule has 0 unspecified atom stereocenters. The van der Waals surface area contributed by atoms with Crippen LogP contribution in [-0.4, -0.2) is 25.8 Å². The molecule has 2 heterocycles. The van der Waals surface area contributed by atoms with Crippen molar-refractivity contribution in [2.24, 2.45) is 7.05 Å². The molecule has 74 valence electrons. The molecule has 0 spiro atoms. The molecule has 2 rings (SSSR count). The molecule has 14 heavy (non-hydrogen) atoms. The maximum atomic E-state index is 11.4. The largest absolute Gasteiger partial charge is 0.327 e. The van der Waals surface area contributed by atoms with Crippen molar-refractivity contribution in [3.05, 3.63) is 20.8 Å². The fraction of sp³-hybridized carbons (Fsp3) is 0.286. The summed E-state index contributed by atoms with van der Waals surface area (Å²) in [5, 5.41) is 0.687. The first-order valence-electron chi connectivity index (χ1n) is 3.86. The van der Waals surface area contributed by atoms with Crippen LogP contribution in [0.4, 0.5) is 0 Å². The van der Waals surface area contributed by atoms with E-state index in [1.165, 1.54) is 11.8 Å². The average molecular weight is 212 g/mol. The lowest BCUT2D eigenvalue weighted by Crippen LogP contribution is -2.22. The van der Waals surface area contributed by atoms with Gasteiger partial charge in [0, 0.05) is 7.05 Å². The fourth-order valence-corrected chi connectivity index (χ4v) is 1.86. The SMILES string of the molecule is CSc1nc2[nH]c(=O)[nH]c(=O)c2n1C. The Bertz CT molecular complexity index is 594. The van der Waals surface area contributed by atoms with Crippen LogP contribution in [0.5, 0.6) is 0 Å². The second-order valence-corrected chi connectivity index (χ2v) is 3.54. The Morgan fingerprint density at radius 2 is 2.07 bits per heavy atom. The van der Waals surface area contributed by atoms with E-state index >= 15 is 0 Å². The molecule has 2 N–H and O–H groups in total. The van der Waals surface area contributed by atoms with Gasteiger partial charge in [0.2, 0.25) is 0 Å². The van der Waals surface area contributed by atoms with Crippen LogP contribution in [0.15, 0.2) is 14.7 Å². The molecule has 0 aliphatic carbocycles. The lowest BCUT2D eigenvalue weighted by Gasteiger charge is -1.95. The summed E-state index contributed by atoms with van der Waals surface area (Å²) in [5.41, 5.74) is -0.244. The molecule has 0 amide bonds. The minimum Gasteiger partial charge on any atom is -0.316 e. The highest BCUT2D eigenvalue weighted by atomic mass is 32.2. The maximum absolute atomic E-state index is 11.4. The minimum absolute atomic E-state index is 0.325. The smallest absolute Gasteiger partial charge is 0.316 e. The number of aryl methyl sites for hydroxylation is 1. The molecule has 0 aliphatic heterocycles. The average Bonchev–Trinajstić information content (AvgIpc) is 2.42. The molecule has 0 saturated carbocycles. The van der Waals surface area contributed by atoms with Gasteiger partial charge in [0.15, 0.2) is 16.3 Å². The van der Waals surface area contributed by atoms with E-state index < -0.39 is 11.2 Å². The number of hydrogen-bond acceptors (Lipinski definition) is 4. The third kappa shape index (κ3) is 1.17. The monoisotopic (exact) mass is 212 g/mol. The van der Waals surface area contributed by atoms with Crippen molar-refractivity contribution in [2.75, 3.05) is 6.26 Å². The first-order chi connectivity index (χ1) is 6.63. The molecule has 0 radical (unpaired) electrons. The summed E-state index contributed by atoms with van der Waals surface area (Å²) in [6, 6.07) is 0. The summed E-state index contributed by atoms with van der Waals surface area (Å²) in [6.45, 7) is 0. The molecular weight excluding hydrogens is 204 g/mol. The van der Waals surface area contributed by atoms with Crippen molar-refractivity contribution in [1.29, 1.82) is 0 Å². The first-order valence-corrected chi connectivity index (χ1v) is 5.09. The number of aromatic nitrogens is 4. The summed E-state index contributed by atoms with van der Waals surface area (Å²) < 4.78 is 1.65. The molecule has 7 heteroatoms. The number of nitrogens with one attached hydrogen (secondary N) is 2. The molecule has 0 fully saturated rings. The third-order valence-electron chi connectivity index (χ3n) is 1.91. The van der Waals surface area contributed by atoms with Crippen LogP contribution >= 0.6 is 11.8 Å². The molecule has 0 bridgehead atoms. The molecule has 0 aliphatic rings. The quantitative estimate of drug-likeness (QED) is 0.634. The van der Waals surface area contributed by atoms with Gasteiger partial charge in [0.05, 0.1) is 0 Å². The van der Waals surface area contributed by atoms with Gasteiger partial charge in [-0.2, -0.15) is 0 Å². The molecule has 0 saturated heterocycles. The summed E-state index contributed by atoms with van der Waals surface area (Å²) in [6.07, 6.45) is 1.85. The Morgan fingerprint density at radius 1 is 1.36 bits per heavy atom. The van der Waals surface area contributed by atoms with Crippen LogP contribution < -0.4 is 11.2 Å². The predicted octanol–water partition coefficient (Wildman–Crippen LogP) is -0.328. The Morgan fingerprint density at radius 3 is 2.71 bits per heavy atom. The van der Waals surface area contributed by atoms with E-state index in [1.54, 1.807) is 11.6 Å². The first kappa shape index (κ1) is 9.07. The van der Waals surface area contributed by atoms with E-state index in [9.17, 15) is 9.59 Å². The summed E-state index contributed by atoms with van der Waals surface area (Å²) in [7, 11) is 1.73. The number of imidazole rings is 1.